The van der Waals surface area contributed by atoms with Crippen molar-refractivity contribution in [3.8, 4) is 0 Å². The predicted molar refractivity (Wildman–Crippen MR) is 62.9 cm³/mol. The fourth-order valence-corrected chi connectivity index (χ4v) is 2.11. The summed E-state index contributed by atoms with van der Waals surface area (Å²) in [6.07, 6.45) is 5.86. The van der Waals surface area contributed by atoms with Crippen LogP contribution in [0.1, 0.15) is 46.0 Å². The van der Waals surface area contributed by atoms with Crippen LogP contribution in [0.3, 0.4) is 0 Å². The monoisotopic (exact) mass is 226 g/mol. The van der Waals surface area contributed by atoms with E-state index in [4.69, 9.17) is 0 Å². The van der Waals surface area contributed by atoms with Gasteiger partial charge in [-0.15, -0.1) is 0 Å². The van der Waals surface area contributed by atoms with Gasteiger partial charge in [0.25, 0.3) is 0 Å². The van der Waals surface area contributed by atoms with E-state index >= 15 is 0 Å². The molecule has 0 unspecified atom stereocenters. The molecule has 1 fully saturated rings. The van der Waals surface area contributed by atoms with E-state index in [1.54, 1.807) is 6.92 Å². The van der Waals surface area contributed by atoms with E-state index < -0.39 is 6.04 Å². The third kappa shape index (κ3) is 4.21. The number of hydrogen-bond acceptors (Lipinski definition) is 2. The molecule has 0 radical (unpaired) electrons. The lowest BCUT2D eigenvalue weighted by molar-refractivity contribution is -0.135. The van der Waals surface area contributed by atoms with Gasteiger partial charge in [0.15, 0.2) is 0 Å². The van der Waals surface area contributed by atoms with Crippen LogP contribution < -0.4 is 5.32 Å². The summed E-state index contributed by atoms with van der Waals surface area (Å²) in [6.45, 7) is 4.87. The molecule has 1 aliphatic heterocycles. The zero-order valence-corrected chi connectivity index (χ0v) is 10.3. The van der Waals surface area contributed by atoms with Crippen LogP contribution in [0.5, 0.6) is 0 Å². The van der Waals surface area contributed by atoms with Crippen molar-refractivity contribution in [2.75, 3.05) is 13.1 Å². The summed E-state index contributed by atoms with van der Waals surface area (Å²) in [4.78, 5) is 24.8. The Bertz CT molecular complexity index is 245. The first-order valence-electron chi connectivity index (χ1n) is 6.17. The Morgan fingerprint density at radius 2 is 1.56 bits per heavy atom. The highest BCUT2D eigenvalue weighted by Crippen LogP contribution is 2.11. The molecule has 0 saturated carbocycles. The first-order chi connectivity index (χ1) is 7.61. The summed E-state index contributed by atoms with van der Waals surface area (Å²) >= 11 is 0. The largest absolute Gasteiger partial charge is 0.345 e. The minimum atomic E-state index is -0.392. The van der Waals surface area contributed by atoms with Gasteiger partial charge in [-0.3, -0.25) is 9.59 Å². The van der Waals surface area contributed by atoms with Gasteiger partial charge in [-0.1, -0.05) is 19.3 Å². The first kappa shape index (κ1) is 13.0. The number of hydrogen-bond donors (Lipinski definition) is 1. The van der Waals surface area contributed by atoms with Crippen LogP contribution in [0.15, 0.2) is 0 Å². The van der Waals surface area contributed by atoms with Crippen molar-refractivity contribution in [2.45, 2.75) is 52.0 Å². The molecular weight excluding hydrogens is 204 g/mol. The molecule has 2 amide bonds. The Balaban J connectivity index is 2.46. The molecule has 0 bridgehead atoms. The number of rotatable bonds is 2. The molecule has 1 N–H and O–H groups in total. The number of nitrogens with zero attached hydrogens (tertiary/aromatic N) is 1. The second-order valence-corrected chi connectivity index (χ2v) is 4.52. The number of carbonyl (C=O) groups is 2. The summed E-state index contributed by atoms with van der Waals surface area (Å²) in [5, 5.41) is 2.65. The van der Waals surface area contributed by atoms with Crippen molar-refractivity contribution in [3.05, 3.63) is 0 Å². The van der Waals surface area contributed by atoms with Gasteiger partial charge >= 0.3 is 0 Å². The van der Waals surface area contributed by atoms with E-state index in [1.165, 1.54) is 26.2 Å². The number of carbonyl (C=O) groups excluding carboxylic acids is 2. The van der Waals surface area contributed by atoms with E-state index in [-0.39, 0.29) is 11.8 Å². The fraction of sp³-hybridized carbons (Fsp3) is 0.833. The maximum atomic E-state index is 12.0. The van der Waals surface area contributed by atoms with E-state index in [1.807, 2.05) is 4.90 Å². The summed E-state index contributed by atoms with van der Waals surface area (Å²) in [7, 11) is 0. The van der Waals surface area contributed by atoms with Gasteiger partial charge in [0, 0.05) is 20.0 Å². The maximum Gasteiger partial charge on any atom is 0.244 e. The molecule has 1 rings (SSSR count). The molecule has 92 valence electrons. The molecule has 0 aromatic heterocycles. The lowest BCUT2D eigenvalue weighted by Crippen LogP contribution is -2.47. The Kier molecular flexibility index (Phi) is 5.29. The van der Waals surface area contributed by atoms with Crippen molar-refractivity contribution in [1.29, 1.82) is 0 Å². The van der Waals surface area contributed by atoms with Gasteiger partial charge < -0.3 is 10.2 Å². The second-order valence-electron chi connectivity index (χ2n) is 4.52. The lowest BCUT2D eigenvalue weighted by Gasteiger charge is -2.27. The molecule has 0 spiro atoms. The standard InChI is InChI=1S/C12H22N2O2/c1-10(13-11(2)15)12(16)14-8-6-4-3-5-7-9-14/h10H,3-9H2,1-2H3,(H,13,15)/t10-/m0/s1. The average Bonchev–Trinajstić information content (AvgIpc) is 2.15. The van der Waals surface area contributed by atoms with Crippen LogP contribution in [0, 0.1) is 0 Å². The van der Waals surface area contributed by atoms with Crippen LogP contribution in [-0.4, -0.2) is 35.8 Å². The average molecular weight is 226 g/mol. The van der Waals surface area contributed by atoms with Crippen molar-refractivity contribution in [2.24, 2.45) is 0 Å². The molecule has 0 aromatic rings. The van der Waals surface area contributed by atoms with Crippen LogP contribution in [0.4, 0.5) is 0 Å². The van der Waals surface area contributed by atoms with Crippen molar-refractivity contribution < 1.29 is 9.59 Å². The molecule has 1 atom stereocenters. The third-order valence-corrected chi connectivity index (χ3v) is 2.96. The minimum absolute atomic E-state index is 0.0529. The Labute approximate surface area is 97.4 Å². The molecule has 4 heteroatoms. The zero-order valence-electron chi connectivity index (χ0n) is 10.3. The highest BCUT2D eigenvalue weighted by molar-refractivity contribution is 5.86. The number of likely N-dealkylation sites (tertiary alicyclic amines) is 1. The highest BCUT2D eigenvalue weighted by Gasteiger charge is 2.21. The molecule has 4 nitrogen and oxygen atoms in total. The van der Waals surface area contributed by atoms with E-state index in [0.717, 1.165) is 25.9 Å². The first-order valence-corrected chi connectivity index (χ1v) is 6.17. The molecule has 1 aliphatic rings. The number of nitrogens with one attached hydrogen (secondary N) is 1. The fourth-order valence-electron chi connectivity index (χ4n) is 2.11. The second kappa shape index (κ2) is 6.51. The van der Waals surface area contributed by atoms with Gasteiger partial charge in [0.05, 0.1) is 0 Å². The van der Waals surface area contributed by atoms with Crippen molar-refractivity contribution in [1.82, 2.24) is 10.2 Å². The Morgan fingerprint density at radius 3 is 2.06 bits per heavy atom. The molecule has 0 aliphatic carbocycles. The maximum absolute atomic E-state index is 12.0. The Morgan fingerprint density at radius 1 is 1.06 bits per heavy atom. The van der Waals surface area contributed by atoms with Crippen LogP contribution in [-0.2, 0) is 9.59 Å². The smallest absolute Gasteiger partial charge is 0.244 e. The minimum Gasteiger partial charge on any atom is -0.345 e. The summed E-state index contributed by atoms with van der Waals surface area (Å²) in [5.41, 5.74) is 0. The van der Waals surface area contributed by atoms with Gasteiger partial charge in [0.1, 0.15) is 6.04 Å². The molecule has 1 saturated heterocycles. The van der Waals surface area contributed by atoms with Crippen LogP contribution >= 0.6 is 0 Å². The van der Waals surface area contributed by atoms with E-state index in [9.17, 15) is 9.59 Å². The van der Waals surface area contributed by atoms with Crippen LogP contribution in [0.25, 0.3) is 0 Å². The molecule has 0 aromatic carbocycles. The highest BCUT2D eigenvalue weighted by atomic mass is 16.2. The molecular formula is C12H22N2O2. The van der Waals surface area contributed by atoms with Crippen molar-refractivity contribution in [3.63, 3.8) is 0 Å². The van der Waals surface area contributed by atoms with Crippen molar-refractivity contribution >= 4 is 11.8 Å². The summed E-state index contributed by atoms with van der Waals surface area (Å²) in [6, 6.07) is -0.392. The molecule has 16 heavy (non-hydrogen) atoms. The zero-order chi connectivity index (χ0) is 12.0. The normalized spacial score (nSPS) is 19.5. The summed E-state index contributed by atoms with van der Waals surface area (Å²) in [5.74, 6) is -0.0926. The van der Waals surface area contributed by atoms with E-state index in [2.05, 4.69) is 5.32 Å². The van der Waals surface area contributed by atoms with Gasteiger partial charge in [-0.05, 0) is 19.8 Å². The number of amides is 2. The summed E-state index contributed by atoms with van der Waals surface area (Å²) < 4.78 is 0. The van der Waals surface area contributed by atoms with E-state index in [0.29, 0.717) is 0 Å². The SMILES string of the molecule is CC(=O)N[C@@H](C)C(=O)N1CCCCCCC1. The van der Waals surface area contributed by atoms with Gasteiger partial charge in [-0.25, -0.2) is 0 Å². The predicted octanol–water partition coefficient (Wildman–Crippen LogP) is 1.30. The van der Waals surface area contributed by atoms with Gasteiger partial charge in [-0.2, -0.15) is 0 Å². The third-order valence-electron chi connectivity index (χ3n) is 2.96. The van der Waals surface area contributed by atoms with Gasteiger partial charge in [0.2, 0.25) is 11.8 Å². The topological polar surface area (TPSA) is 49.4 Å². The quantitative estimate of drug-likeness (QED) is 0.771. The molecule has 1 heterocycles. The lowest BCUT2D eigenvalue weighted by atomic mass is 10.1. The van der Waals surface area contributed by atoms with Crippen LogP contribution in [0.2, 0.25) is 0 Å². The Hall–Kier alpha value is -1.06.